The fraction of sp³-hybridized carbons (Fsp3) is 0.417. The van der Waals surface area contributed by atoms with Gasteiger partial charge in [-0.25, -0.2) is 0 Å². The van der Waals surface area contributed by atoms with E-state index < -0.39 is 34.2 Å². The number of anilines is 1. The van der Waals surface area contributed by atoms with Crippen molar-refractivity contribution in [1.82, 2.24) is 0 Å². The molecule has 122 valence electrons. The van der Waals surface area contributed by atoms with Crippen LogP contribution in [-0.2, 0) is 0 Å². The summed E-state index contributed by atoms with van der Waals surface area (Å²) in [7, 11) is 0. The van der Waals surface area contributed by atoms with Crippen LogP contribution in [0.5, 0.6) is 0 Å². The minimum Gasteiger partial charge on any atom is -0.390 e. The lowest BCUT2D eigenvalue weighted by Gasteiger charge is -2.20. The van der Waals surface area contributed by atoms with Crippen molar-refractivity contribution in [2.45, 2.75) is 22.4 Å². The zero-order valence-corrected chi connectivity index (χ0v) is 12.4. The van der Waals surface area contributed by atoms with Crippen molar-refractivity contribution in [3.8, 4) is 6.07 Å². The second-order valence-corrected chi connectivity index (χ2v) is 5.56. The highest BCUT2D eigenvalue weighted by atomic mass is 35.5. The van der Waals surface area contributed by atoms with Gasteiger partial charge in [0.25, 0.3) is 0 Å². The molecule has 0 saturated carbocycles. The highest BCUT2D eigenvalue weighted by molar-refractivity contribution is 8.00. The van der Waals surface area contributed by atoms with E-state index in [1.165, 1.54) is 12.1 Å². The Morgan fingerprint density at radius 1 is 1.32 bits per heavy atom. The molecule has 0 bridgehead atoms. The van der Waals surface area contributed by atoms with Gasteiger partial charge in [-0.1, -0.05) is 6.07 Å². The van der Waals surface area contributed by atoms with Crippen molar-refractivity contribution >= 4 is 29.1 Å². The van der Waals surface area contributed by atoms with Gasteiger partial charge in [0.2, 0.25) is 0 Å². The second kappa shape index (κ2) is 7.35. The molecule has 10 heteroatoms. The Morgan fingerprint density at radius 3 is 2.45 bits per heavy atom. The predicted molar refractivity (Wildman–Crippen MR) is 73.2 cm³/mol. The number of nitrogens with zero attached hydrogens (tertiary/aromatic N) is 1. The number of aliphatic hydroxyl groups is 1. The van der Waals surface area contributed by atoms with Crippen LogP contribution in [0.1, 0.15) is 5.56 Å². The van der Waals surface area contributed by atoms with Gasteiger partial charge in [-0.15, -0.1) is 11.6 Å². The number of hydrogen-bond acceptors (Lipinski definition) is 4. The summed E-state index contributed by atoms with van der Waals surface area (Å²) in [6.45, 7) is -0.0814. The first kappa shape index (κ1) is 18.8. The monoisotopic (exact) mass is 360 g/mol. The number of alkyl halides is 6. The topological polar surface area (TPSA) is 56.0 Å². The van der Waals surface area contributed by atoms with E-state index in [2.05, 4.69) is 5.32 Å². The van der Waals surface area contributed by atoms with E-state index in [1.807, 2.05) is 0 Å². The van der Waals surface area contributed by atoms with Crippen LogP contribution in [0.25, 0.3) is 0 Å². The third-order valence-corrected chi connectivity index (χ3v) is 3.82. The lowest BCUT2D eigenvalue weighted by Crippen LogP contribution is -2.32. The molecule has 1 rings (SSSR count). The van der Waals surface area contributed by atoms with Crippen molar-refractivity contribution in [2.75, 3.05) is 17.7 Å². The van der Waals surface area contributed by atoms with Crippen LogP contribution in [-0.4, -0.2) is 35.1 Å². The third kappa shape index (κ3) is 4.63. The van der Waals surface area contributed by atoms with E-state index in [-0.39, 0.29) is 23.7 Å². The highest BCUT2D eigenvalue weighted by Crippen LogP contribution is 2.48. The molecule has 3 nitrogen and oxygen atoms in total. The number of thioether (sulfide) groups is 1. The minimum atomic E-state index is -5.73. The van der Waals surface area contributed by atoms with Crippen LogP contribution in [0.3, 0.4) is 0 Å². The molecular weight excluding hydrogens is 351 g/mol. The maximum absolute atomic E-state index is 13.1. The molecule has 0 saturated heterocycles. The quantitative estimate of drug-likeness (QED) is 0.460. The molecule has 1 aromatic rings. The predicted octanol–water partition coefficient (Wildman–Crippen LogP) is 3.82. The standard InChI is InChI=1S/C12H10ClF5N2OS/c13-4-7(21)6-20-9-2-1-3-10(8(9)5-19)22-12(17,18)11(14,15)16/h1-3,7,20-21H,4,6H2. The number of hydrogen-bond donors (Lipinski definition) is 2. The molecule has 2 N–H and O–H groups in total. The lowest BCUT2D eigenvalue weighted by atomic mass is 10.2. The Morgan fingerprint density at radius 2 is 1.95 bits per heavy atom. The average Bonchev–Trinajstić information content (AvgIpc) is 2.43. The van der Waals surface area contributed by atoms with Gasteiger partial charge in [-0.05, 0) is 23.9 Å². The summed E-state index contributed by atoms with van der Waals surface area (Å²) < 4.78 is 62.9. The van der Waals surface area contributed by atoms with Gasteiger partial charge in [-0.3, -0.25) is 0 Å². The third-order valence-electron chi connectivity index (χ3n) is 2.41. The molecule has 0 amide bonds. The average molecular weight is 361 g/mol. The molecule has 0 spiro atoms. The normalized spacial score (nSPS) is 13.5. The summed E-state index contributed by atoms with van der Waals surface area (Å²) in [5.41, 5.74) is -0.326. The molecule has 0 heterocycles. The van der Waals surface area contributed by atoms with E-state index in [1.54, 1.807) is 6.07 Å². The van der Waals surface area contributed by atoms with Crippen LogP contribution in [0, 0.1) is 11.3 Å². The molecule has 0 aliphatic heterocycles. The zero-order valence-electron chi connectivity index (χ0n) is 10.8. The van der Waals surface area contributed by atoms with E-state index in [0.29, 0.717) is 0 Å². The summed E-state index contributed by atoms with van der Waals surface area (Å²) in [5, 5.41) is 15.9. The van der Waals surface area contributed by atoms with Gasteiger partial charge >= 0.3 is 11.4 Å². The van der Waals surface area contributed by atoms with E-state index in [4.69, 9.17) is 16.9 Å². The molecule has 1 unspecified atom stereocenters. The summed E-state index contributed by atoms with van der Waals surface area (Å²) in [6.07, 6.45) is -6.69. The van der Waals surface area contributed by atoms with Gasteiger partial charge < -0.3 is 10.4 Å². The summed E-state index contributed by atoms with van der Waals surface area (Å²) in [5.74, 6) is -0.102. The van der Waals surface area contributed by atoms with Crippen molar-refractivity contribution in [3.05, 3.63) is 23.8 Å². The van der Waals surface area contributed by atoms with Crippen LogP contribution < -0.4 is 5.32 Å². The molecule has 0 radical (unpaired) electrons. The van der Waals surface area contributed by atoms with E-state index >= 15 is 0 Å². The van der Waals surface area contributed by atoms with Crippen LogP contribution >= 0.6 is 23.4 Å². The SMILES string of the molecule is N#Cc1c(NCC(O)CCl)cccc1SC(F)(F)C(F)(F)F. The molecule has 0 aliphatic carbocycles. The number of aliphatic hydroxyl groups excluding tert-OH is 1. The Bertz CT molecular complexity index is 561. The van der Waals surface area contributed by atoms with Gasteiger partial charge in [0.05, 0.1) is 23.2 Å². The number of nitriles is 1. The van der Waals surface area contributed by atoms with Gasteiger partial charge in [0.1, 0.15) is 6.07 Å². The molecule has 22 heavy (non-hydrogen) atoms. The fourth-order valence-electron chi connectivity index (χ4n) is 1.36. The molecule has 0 fully saturated rings. The minimum absolute atomic E-state index is 0.0367. The Labute approximate surface area is 132 Å². The van der Waals surface area contributed by atoms with Crippen molar-refractivity contribution in [2.24, 2.45) is 0 Å². The number of rotatable bonds is 6. The van der Waals surface area contributed by atoms with E-state index in [0.717, 1.165) is 6.07 Å². The smallest absolute Gasteiger partial charge is 0.390 e. The molecular formula is C12H10ClF5N2OS. The first-order valence-electron chi connectivity index (χ1n) is 5.77. The Balaban J connectivity index is 3.05. The lowest BCUT2D eigenvalue weighted by molar-refractivity contribution is -0.237. The van der Waals surface area contributed by atoms with Gasteiger partial charge in [0.15, 0.2) is 0 Å². The number of nitrogens with one attached hydrogen (secondary N) is 1. The largest absolute Gasteiger partial charge is 0.464 e. The van der Waals surface area contributed by atoms with Gasteiger partial charge in [0, 0.05) is 11.4 Å². The summed E-state index contributed by atoms with van der Waals surface area (Å²) in [4.78, 5) is -0.518. The summed E-state index contributed by atoms with van der Waals surface area (Å²) in [6, 6.07) is 5.13. The van der Waals surface area contributed by atoms with Gasteiger partial charge in [-0.2, -0.15) is 27.2 Å². The number of benzene rings is 1. The van der Waals surface area contributed by atoms with Crippen LogP contribution in [0.4, 0.5) is 27.6 Å². The van der Waals surface area contributed by atoms with Crippen molar-refractivity contribution < 1.29 is 27.1 Å². The Kier molecular flexibility index (Phi) is 6.28. The maximum Gasteiger partial charge on any atom is 0.464 e. The molecule has 0 aromatic heterocycles. The van der Waals surface area contributed by atoms with Crippen molar-refractivity contribution in [1.29, 1.82) is 5.26 Å². The second-order valence-electron chi connectivity index (χ2n) is 4.10. The molecule has 0 aliphatic rings. The summed E-state index contributed by atoms with van der Waals surface area (Å²) >= 11 is 4.63. The molecule has 1 atom stereocenters. The fourth-order valence-corrected chi connectivity index (χ4v) is 2.26. The maximum atomic E-state index is 13.1. The Hall–Kier alpha value is -1.24. The van der Waals surface area contributed by atoms with Crippen LogP contribution in [0.15, 0.2) is 23.1 Å². The highest BCUT2D eigenvalue weighted by Gasteiger charge is 2.58. The van der Waals surface area contributed by atoms with E-state index in [9.17, 15) is 27.1 Å². The van der Waals surface area contributed by atoms with Crippen LogP contribution in [0.2, 0.25) is 0 Å². The molecule has 1 aromatic carbocycles. The first-order valence-corrected chi connectivity index (χ1v) is 7.12. The first-order chi connectivity index (χ1) is 10.1. The number of halogens is 6. The van der Waals surface area contributed by atoms with Crippen molar-refractivity contribution in [3.63, 3.8) is 0 Å². The zero-order chi connectivity index (χ0) is 17.0.